The molecule has 0 aliphatic carbocycles. The zero-order valence-electron chi connectivity index (χ0n) is 9.60. The first-order valence-electron chi connectivity index (χ1n) is 4.85. The summed E-state index contributed by atoms with van der Waals surface area (Å²) in [5.74, 6) is -2.77. The molecule has 0 aromatic rings. The maximum Gasteiger partial charge on any atom is 0.342 e. The van der Waals surface area contributed by atoms with Gasteiger partial charge in [-0.15, -0.1) is 0 Å². The Labute approximate surface area is 97.7 Å². The van der Waals surface area contributed by atoms with Crippen molar-refractivity contribution in [3.8, 4) is 0 Å². The minimum atomic E-state index is -1.16. The SMILES string of the molecule is COC(=O)C1=C2C=COC2(C)O/C1=C(/[O-])OC. The Bertz CT molecular complexity index is 459. The Hall–Kier alpha value is -2.11. The number of ether oxygens (including phenoxy) is 4. The van der Waals surface area contributed by atoms with Crippen LogP contribution in [0, 0.1) is 0 Å². The molecule has 2 heterocycles. The first-order chi connectivity index (χ1) is 8.03. The molecule has 0 fully saturated rings. The predicted molar refractivity (Wildman–Crippen MR) is 52.8 cm³/mol. The molecule has 2 rings (SSSR count). The molecular formula is C11H11O6-. The van der Waals surface area contributed by atoms with Gasteiger partial charge in [-0.05, 0) is 13.2 Å². The van der Waals surface area contributed by atoms with Gasteiger partial charge in [-0.2, -0.15) is 0 Å². The third kappa shape index (κ3) is 1.52. The Morgan fingerprint density at radius 1 is 1.41 bits per heavy atom. The van der Waals surface area contributed by atoms with Crippen LogP contribution in [0.3, 0.4) is 0 Å². The van der Waals surface area contributed by atoms with Crippen LogP contribution in [0.25, 0.3) is 0 Å². The van der Waals surface area contributed by atoms with E-state index in [0.717, 1.165) is 0 Å². The lowest BCUT2D eigenvalue weighted by Gasteiger charge is -2.22. The molecule has 0 bridgehead atoms. The first kappa shape index (κ1) is 11.4. The zero-order chi connectivity index (χ0) is 12.6. The van der Waals surface area contributed by atoms with Gasteiger partial charge in [0.05, 0.1) is 24.9 Å². The summed E-state index contributed by atoms with van der Waals surface area (Å²) < 4.78 is 19.7. The third-order valence-electron chi connectivity index (χ3n) is 2.57. The number of methoxy groups -OCH3 is 2. The Morgan fingerprint density at radius 3 is 2.71 bits per heavy atom. The van der Waals surface area contributed by atoms with E-state index in [-0.39, 0.29) is 11.3 Å². The molecule has 0 aromatic carbocycles. The third-order valence-corrected chi connectivity index (χ3v) is 2.57. The molecule has 6 heteroatoms. The monoisotopic (exact) mass is 239 g/mol. The van der Waals surface area contributed by atoms with Gasteiger partial charge in [0.2, 0.25) is 0 Å². The molecule has 17 heavy (non-hydrogen) atoms. The van der Waals surface area contributed by atoms with Crippen LogP contribution in [-0.2, 0) is 23.7 Å². The smallest absolute Gasteiger partial charge is 0.342 e. The van der Waals surface area contributed by atoms with Crippen LogP contribution in [-0.4, -0.2) is 26.0 Å². The predicted octanol–water partition coefficient (Wildman–Crippen LogP) is -0.0779. The fraction of sp³-hybridized carbons (Fsp3) is 0.364. The lowest BCUT2D eigenvalue weighted by atomic mass is 10.0. The molecule has 92 valence electrons. The van der Waals surface area contributed by atoms with Gasteiger partial charge in [-0.25, -0.2) is 4.79 Å². The molecule has 0 radical (unpaired) electrons. The van der Waals surface area contributed by atoms with Gasteiger partial charge < -0.3 is 24.1 Å². The maximum atomic E-state index is 11.7. The van der Waals surface area contributed by atoms with E-state index in [9.17, 15) is 9.90 Å². The van der Waals surface area contributed by atoms with Crippen molar-refractivity contribution in [2.24, 2.45) is 0 Å². The average Bonchev–Trinajstić information content (AvgIpc) is 2.80. The summed E-state index contributed by atoms with van der Waals surface area (Å²) in [7, 11) is 2.42. The van der Waals surface area contributed by atoms with Crippen molar-refractivity contribution in [1.82, 2.24) is 0 Å². The van der Waals surface area contributed by atoms with Crippen LogP contribution >= 0.6 is 0 Å². The Morgan fingerprint density at radius 2 is 2.12 bits per heavy atom. The molecule has 0 saturated carbocycles. The van der Waals surface area contributed by atoms with Crippen molar-refractivity contribution < 1.29 is 28.8 Å². The summed E-state index contributed by atoms with van der Waals surface area (Å²) in [5, 5.41) is 11.5. The molecule has 0 saturated heterocycles. The van der Waals surface area contributed by atoms with Crippen LogP contribution < -0.4 is 5.11 Å². The second-order valence-corrected chi connectivity index (χ2v) is 3.57. The summed E-state index contributed by atoms with van der Waals surface area (Å²) in [6.45, 7) is 1.60. The van der Waals surface area contributed by atoms with Crippen LogP contribution in [0.15, 0.2) is 35.2 Å². The van der Waals surface area contributed by atoms with Crippen molar-refractivity contribution >= 4 is 5.97 Å². The number of esters is 1. The van der Waals surface area contributed by atoms with Crippen LogP contribution in [0.5, 0.6) is 0 Å². The average molecular weight is 239 g/mol. The number of rotatable bonds is 2. The molecule has 2 aliphatic heterocycles. The van der Waals surface area contributed by atoms with Crippen molar-refractivity contribution in [3.05, 3.63) is 35.2 Å². The van der Waals surface area contributed by atoms with Gasteiger partial charge in [0.15, 0.2) is 5.76 Å². The minimum Gasteiger partial charge on any atom is -0.614 e. The second kappa shape index (κ2) is 3.73. The molecule has 0 amide bonds. The normalized spacial score (nSPS) is 28.4. The van der Waals surface area contributed by atoms with E-state index in [1.807, 2.05) is 0 Å². The van der Waals surface area contributed by atoms with Gasteiger partial charge >= 0.3 is 5.97 Å². The molecule has 0 aromatic heterocycles. The quantitative estimate of drug-likeness (QED) is 0.495. The topological polar surface area (TPSA) is 77.1 Å². The fourth-order valence-corrected chi connectivity index (χ4v) is 1.75. The highest BCUT2D eigenvalue weighted by Crippen LogP contribution is 2.44. The first-order valence-corrected chi connectivity index (χ1v) is 4.85. The summed E-state index contributed by atoms with van der Waals surface area (Å²) in [4.78, 5) is 11.7. The van der Waals surface area contributed by atoms with Gasteiger partial charge in [-0.1, -0.05) is 0 Å². The molecule has 6 nitrogen and oxygen atoms in total. The minimum absolute atomic E-state index is 0.0376. The molecule has 0 spiro atoms. The van der Waals surface area contributed by atoms with E-state index in [1.54, 1.807) is 13.0 Å². The number of carbonyl (C=O) groups is 1. The van der Waals surface area contributed by atoms with Gasteiger partial charge in [-0.3, -0.25) is 0 Å². The Balaban J connectivity index is 2.58. The number of carbonyl (C=O) groups excluding carboxylic acids is 1. The number of fused-ring (bicyclic) bond motifs is 1. The number of hydrogen-bond acceptors (Lipinski definition) is 6. The largest absolute Gasteiger partial charge is 0.614 e. The molecular weight excluding hydrogens is 228 g/mol. The summed E-state index contributed by atoms with van der Waals surface area (Å²) in [5.41, 5.74) is 0.486. The maximum absolute atomic E-state index is 11.7. The fourth-order valence-electron chi connectivity index (χ4n) is 1.75. The van der Waals surface area contributed by atoms with Crippen molar-refractivity contribution in [3.63, 3.8) is 0 Å². The lowest BCUT2D eigenvalue weighted by molar-refractivity contribution is -0.359. The van der Waals surface area contributed by atoms with Crippen LogP contribution in [0.4, 0.5) is 0 Å². The van der Waals surface area contributed by atoms with Crippen molar-refractivity contribution in [2.45, 2.75) is 12.7 Å². The van der Waals surface area contributed by atoms with E-state index in [1.165, 1.54) is 20.5 Å². The van der Waals surface area contributed by atoms with E-state index in [2.05, 4.69) is 9.47 Å². The van der Waals surface area contributed by atoms with Gasteiger partial charge in [0.25, 0.3) is 5.79 Å². The summed E-state index contributed by atoms with van der Waals surface area (Å²) >= 11 is 0. The summed E-state index contributed by atoms with van der Waals surface area (Å²) in [6.07, 6.45) is 2.95. The highest BCUT2D eigenvalue weighted by atomic mass is 16.7. The zero-order valence-corrected chi connectivity index (χ0v) is 9.60. The second-order valence-electron chi connectivity index (χ2n) is 3.57. The van der Waals surface area contributed by atoms with Crippen molar-refractivity contribution in [1.29, 1.82) is 0 Å². The van der Waals surface area contributed by atoms with E-state index < -0.39 is 17.7 Å². The molecule has 2 aliphatic rings. The highest BCUT2D eigenvalue weighted by molar-refractivity contribution is 5.95. The molecule has 0 N–H and O–H groups in total. The van der Waals surface area contributed by atoms with Gasteiger partial charge in [0, 0.05) is 6.92 Å². The number of hydrogen-bond donors (Lipinski definition) is 0. The standard InChI is InChI=1S/C11H12O6/c1-11-6(4-5-16-11)7(9(12)14-2)8(17-11)10(13)15-3/h4-5,13H,1-3H3/p-1/b10-8-. The summed E-state index contributed by atoms with van der Waals surface area (Å²) in [6, 6.07) is 0. The Kier molecular flexibility index (Phi) is 2.49. The van der Waals surface area contributed by atoms with Crippen LogP contribution in [0.1, 0.15) is 6.92 Å². The van der Waals surface area contributed by atoms with E-state index in [0.29, 0.717) is 5.57 Å². The molecule has 1 unspecified atom stereocenters. The van der Waals surface area contributed by atoms with Crippen molar-refractivity contribution in [2.75, 3.05) is 14.2 Å². The van der Waals surface area contributed by atoms with E-state index >= 15 is 0 Å². The lowest BCUT2D eigenvalue weighted by Crippen LogP contribution is -2.25. The van der Waals surface area contributed by atoms with Gasteiger partial charge in [0.1, 0.15) is 5.57 Å². The van der Waals surface area contributed by atoms with Crippen LogP contribution in [0.2, 0.25) is 0 Å². The van der Waals surface area contributed by atoms with E-state index in [4.69, 9.17) is 9.47 Å². The molecule has 1 atom stereocenters. The highest BCUT2D eigenvalue weighted by Gasteiger charge is 2.48.